The smallest absolute Gasteiger partial charge is 0.346 e. The van der Waals surface area contributed by atoms with Crippen LogP contribution in [0.1, 0.15) is 44.7 Å². The van der Waals surface area contributed by atoms with Crippen molar-refractivity contribution in [2.24, 2.45) is 0 Å². The lowest BCUT2D eigenvalue weighted by Crippen LogP contribution is -2.18. The van der Waals surface area contributed by atoms with Crippen LogP contribution in [0.25, 0.3) is 12.2 Å². The number of rotatable bonds is 16. The largest absolute Gasteiger partial charge is 0.394 e. The molecule has 0 aliphatic rings. The molecule has 4 N–H and O–H groups in total. The Hall–Kier alpha value is -3.18. The second-order valence-electron chi connectivity index (χ2n) is 8.00. The molecule has 0 aromatic heterocycles. The molecule has 9 heteroatoms. The average molecular weight is 515 g/mol. The van der Waals surface area contributed by atoms with E-state index < -0.39 is 24.1 Å². The topological polar surface area (TPSA) is 143 Å². The van der Waals surface area contributed by atoms with Crippen LogP contribution in [0, 0.1) is 0 Å². The summed E-state index contributed by atoms with van der Waals surface area (Å²) in [5.74, 6) is -1.53. The summed E-state index contributed by atoms with van der Waals surface area (Å²) in [6.45, 7) is -0.226. The Labute approximate surface area is 216 Å². The Morgan fingerprint density at radius 1 is 0.649 bits per heavy atom. The van der Waals surface area contributed by atoms with Crippen molar-refractivity contribution in [2.75, 3.05) is 39.6 Å². The summed E-state index contributed by atoms with van der Waals surface area (Å²) in [5.41, 5.74) is 2.09. The van der Waals surface area contributed by atoms with Crippen molar-refractivity contribution < 1.29 is 44.2 Å². The van der Waals surface area contributed by atoms with Gasteiger partial charge in [0.15, 0.2) is 0 Å². The van der Waals surface area contributed by atoms with Crippen molar-refractivity contribution in [3.05, 3.63) is 82.9 Å². The van der Waals surface area contributed by atoms with Gasteiger partial charge in [-0.15, -0.1) is 0 Å². The predicted octanol–water partition coefficient (Wildman–Crippen LogP) is 2.23. The number of esters is 2. The number of hydrogen-bond acceptors (Lipinski definition) is 9. The van der Waals surface area contributed by atoms with Gasteiger partial charge in [-0.1, -0.05) is 48.6 Å². The normalized spacial score (nSPS) is 13.2. The first-order valence-corrected chi connectivity index (χ1v) is 12.0. The molecule has 0 saturated carbocycles. The second kappa shape index (κ2) is 17.3. The minimum atomic E-state index is -0.764. The zero-order chi connectivity index (χ0) is 26.9. The van der Waals surface area contributed by atoms with Gasteiger partial charge in [-0.05, 0) is 48.2 Å². The quantitative estimate of drug-likeness (QED) is 0.196. The van der Waals surface area contributed by atoms with Crippen molar-refractivity contribution in [2.45, 2.75) is 25.0 Å². The van der Waals surface area contributed by atoms with Crippen molar-refractivity contribution >= 4 is 24.1 Å². The summed E-state index contributed by atoms with van der Waals surface area (Å²) in [6.07, 6.45) is 7.40. The summed E-state index contributed by atoms with van der Waals surface area (Å²) in [5, 5.41) is 36.1. The van der Waals surface area contributed by atoms with Gasteiger partial charge in [0.25, 0.3) is 0 Å². The standard InChI is InChI=1S/C28H34O9/c29-15-17-35-25(19-31)5-1-3-21-7-11-23(12-8-21)27(33)37-28(34)24-13-9-22(10-14-24)4-2-6-26(20-32)36-18-16-30/h1-4,7-14,25-26,29-32H,5-6,15-20H2. The number of carbonyl (C=O) groups is 2. The molecule has 2 atom stereocenters. The number of aliphatic hydroxyl groups is 4. The highest BCUT2D eigenvalue weighted by atomic mass is 16.6. The summed E-state index contributed by atoms with van der Waals surface area (Å²) in [7, 11) is 0. The fraction of sp³-hybridized carbons (Fsp3) is 0.357. The molecular formula is C28H34O9. The molecule has 0 fully saturated rings. The maximum absolute atomic E-state index is 12.4. The van der Waals surface area contributed by atoms with Crippen LogP contribution in [0.3, 0.4) is 0 Å². The average Bonchev–Trinajstić information content (AvgIpc) is 2.93. The molecule has 0 amide bonds. The minimum absolute atomic E-state index is 0.112. The highest BCUT2D eigenvalue weighted by Gasteiger charge is 2.15. The molecule has 0 aliphatic heterocycles. The first-order chi connectivity index (χ1) is 18.0. The monoisotopic (exact) mass is 514 g/mol. The van der Waals surface area contributed by atoms with E-state index in [0.29, 0.717) is 12.8 Å². The molecule has 2 unspecified atom stereocenters. The van der Waals surface area contributed by atoms with Crippen molar-refractivity contribution in [1.29, 1.82) is 0 Å². The van der Waals surface area contributed by atoms with Crippen LogP contribution in [0.4, 0.5) is 0 Å². The number of hydrogen-bond donors (Lipinski definition) is 4. The van der Waals surface area contributed by atoms with Gasteiger partial charge in [0.1, 0.15) is 0 Å². The molecule has 37 heavy (non-hydrogen) atoms. The predicted molar refractivity (Wildman–Crippen MR) is 138 cm³/mol. The van der Waals surface area contributed by atoms with Crippen molar-refractivity contribution in [3.63, 3.8) is 0 Å². The van der Waals surface area contributed by atoms with Gasteiger partial charge >= 0.3 is 11.9 Å². The van der Waals surface area contributed by atoms with Crippen LogP contribution >= 0.6 is 0 Å². The molecule has 2 rings (SSSR count). The SMILES string of the molecule is O=C(OC(=O)c1ccc(C=CCC(CO)OCCO)cc1)c1ccc(C=CCC(CO)OCCO)cc1. The lowest BCUT2D eigenvalue weighted by Gasteiger charge is -2.12. The molecule has 0 aliphatic carbocycles. The van der Waals surface area contributed by atoms with Gasteiger partial charge in [-0.3, -0.25) is 0 Å². The third kappa shape index (κ3) is 11.2. The minimum Gasteiger partial charge on any atom is -0.394 e. The molecule has 9 nitrogen and oxygen atoms in total. The molecule has 2 aromatic carbocycles. The van der Waals surface area contributed by atoms with Crippen LogP contribution in [0.2, 0.25) is 0 Å². The summed E-state index contributed by atoms with van der Waals surface area (Å²) < 4.78 is 15.6. The van der Waals surface area contributed by atoms with E-state index in [1.807, 2.05) is 24.3 Å². The van der Waals surface area contributed by atoms with E-state index in [4.69, 9.17) is 24.4 Å². The van der Waals surface area contributed by atoms with Crippen LogP contribution < -0.4 is 0 Å². The maximum Gasteiger partial charge on any atom is 0.346 e. The highest BCUT2D eigenvalue weighted by molar-refractivity contribution is 6.02. The number of carbonyl (C=O) groups excluding carboxylic acids is 2. The lowest BCUT2D eigenvalue weighted by atomic mass is 10.1. The van der Waals surface area contributed by atoms with Gasteiger partial charge in [-0.2, -0.15) is 0 Å². The zero-order valence-electron chi connectivity index (χ0n) is 20.6. The Morgan fingerprint density at radius 3 is 1.35 bits per heavy atom. The molecule has 0 saturated heterocycles. The van der Waals surface area contributed by atoms with Gasteiger partial charge in [0, 0.05) is 0 Å². The third-order valence-electron chi connectivity index (χ3n) is 5.19. The molecule has 200 valence electrons. The van der Waals surface area contributed by atoms with Crippen LogP contribution in [-0.4, -0.2) is 84.2 Å². The van der Waals surface area contributed by atoms with Crippen LogP contribution in [0.5, 0.6) is 0 Å². The lowest BCUT2D eigenvalue weighted by molar-refractivity contribution is -0.00127. The van der Waals surface area contributed by atoms with E-state index >= 15 is 0 Å². The second-order valence-corrected chi connectivity index (χ2v) is 8.00. The molecule has 2 aromatic rings. The van der Waals surface area contributed by atoms with Crippen LogP contribution in [-0.2, 0) is 14.2 Å². The van der Waals surface area contributed by atoms with E-state index in [2.05, 4.69) is 0 Å². The van der Waals surface area contributed by atoms with Crippen molar-refractivity contribution in [3.8, 4) is 0 Å². The maximum atomic E-state index is 12.4. The molecule has 0 heterocycles. The summed E-state index contributed by atoms with van der Waals surface area (Å²) >= 11 is 0. The fourth-order valence-corrected chi connectivity index (χ4v) is 3.20. The van der Waals surface area contributed by atoms with E-state index in [0.717, 1.165) is 11.1 Å². The summed E-state index contributed by atoms with van der Waals surface area (Å²) in [4.78, 5) is 24.7. The molecule has 0 bridgehead atoms. The Morgan fingerprint density at radius 2 is 1.03 bits per heavy atom. The molecular weight excluding hydrogens is 480 g/mol. The Bertz CT molecular complexity index is 916. The van der Waals surface area contributed by atoms with Gasteiger partial charge in [-0.25, -0.2) is 9.59 Å². The number of aliphatic hydroxyl groups excluding tert-OH is 4. The molecule has 0 radical (unpaired) electrons. The van der Waals surface area contributed by atoms with E-state index in [1.54, 1.807) is 48.5 Å². The van der Waals surface area contributed by atoms with Gasteiger partial charge < -0.3 is 34.6 Å². The first kappa shape index (κ1) is 30.0. The van der Waals surface area contributed by atoms with Crippen molar-refractivity contribution in [1.82, 2.24) is 0 Å². The highest BCUT2D eigenvalue weighted by Crippen LogP contribution is 2.13. The van der Waals surface area contributed by atoms with Gasteiger partial charge in [0.05, 0.1) is 63.0 Å². The Kier molecular flexibility index (Phi) is 14.1. The Balaban J connectivity index is 1.86. The zero-order valence-corrected chi connectivity index (χ0v) is 20.6. The van der Waals surface area contributed by atoms with E-state index in [1.165, 1.54) is 0 Å². The van der Waals surface area contributed by atoms with E-state index in [-0.39, 0.29) is 50.8 Å². The van der Waals surface area contributed by atoms with Crippen LogP contribution in [0.15, 0.2) is 60.7 Å². The summed E-state index contributed by atoms with van der Waals surface area (Å²) in [6, 6.07) is 13.0. The number of benzene rings is 2. The van der Waals surface area contributed by atoms with E-state index in [9.17, 15) is 19.8 Å². The molecule has 0 spiro atoms. The number of ether oxygens (including phenoxy) is 3. The fourth-order valence-electron chi connectivity index (χ4n) is 3.20. The van der Waals surface area contributed by atoms with Gasteiger partial charge in [0.2, 0.25) is 0 Å². The first-order valence-electron chi connectivity index (χ1n) is 12.0. The third-order valence-corrected chi connectivity index (χ3v) is 5.19.